The highest BCUT2D eigenvalue weighted by atomic mass is 16.5. The van der Waals surface area contributed by atoms with Crippen LogP contribution in [0.4, 0.5) is 5.69 Å². The lowest BCUT2D eigenvalue weighted by Crippen LogP contribution is -2.39. The number of carbonyl (C=O) groups is 1. The monoisotopic (exact) mass is 337 g/mol. The molecule has 8 heteroatoms. The first kappa shape index (κ1) is 16.9. The summed E-state index contributed by atoms with van der Waals surface area (Å²) in [6.07, 6.45) is 1.48. The number of anilines is 1. The summed E-state index contributed by atoms with van der Waals surface area (Å²) in [5.41, 5.74) is 0.580. The van der Waals surface area contributed by atoms with Crippen molar-refractivity contribution in [3.05, 3.63) is 18.0 Å². The third-order valence-electron chi connectivity index (χ3n) is 4.19. The molecule has 0 bridgehead atoms. The molecule has 1 aromatic heterocycles. The molecular weight excluding hydrogens is 314 g/mol. The van der Waals surface area contributed by atoms with E-state index in [1.165, 1.54) is 6.20 Å². The molecule has 0 atom stereocenters. The topological polar surface area (TPSA) is 84.4 Å². The average molecular weight is 337 g/mol. The third-order valence-corrected chi connectivity index (χ3v) is 4.19. The van der Waals surface area contributed by atoms with E-state index in [0.717, 1.165) is 32.8 Å². The number of nitrogens with zero attached hydrogens (tertiary/aromatic N) is 3. The van der Waals surface area contributed by atoms with Gasteiger partial charge in [-0.25, -0.2) is 9.78 Å². The summed E-state index contributed by atoms with van der Waals surface area (Å²) in [4.78, 5) is 19.8. The smallest absolute Gasteiger partial charge is 0.356 e. The van der Waals surface area contributed by atoms with E-state index >= 15 is 0 Å². The molecule has 2 aliphatic rings. The molecule has 132 valence electrons. The fourth-order valence-corrected chi connectivity index (χ4v) is 2.91. The maximum atomic E-state index is 11.5. The minimum atomic E-state index is -1.05. The Morgan fingerprint density at radius 2 is 1.83 bits per heavy atom. The fraction of sp³-hybridized carbons (Fsp3) is 0.625. The van der Waals surface area contributed by atoms with Crippen LogP contribution >= 0.6 is 0 Å². The number of hydrogen-bond acceptors (Lipinski definition) is 7. The van der Waals surface area contributed by atoms with Crippen molar-refractivity contribution in [2.24, 2.45) is 0 Å². The van der Waals surface area contributed by atoms with Gasteiger partial charge in [-0.2, -0.15) is 0 Å². The molecule has 1 aromatic rings. The van der Waals surface area contributed by atoms with Crippen molar-refractivity contribution in [3.8, 4) is 5.75 Å². The van der Waals surface area contributed by atoms with Gasteiger partial charge in [-0.1, -0.05) is 0 Å². The molecule has 24 heavy (non-hydrogen) atoms. The number of aromatic carboxylic acids is 1. The summed E-state index contributed by atoms with van der Waals surface area (Å²) in [5, 5.41) is 9.45. The number of rotatable bonds is 6. The van der Waals surface area contributed by atoms with Crippen LogP contribution < -0.4 is 9.64 Å². The highest BCUT2D eigenvalue weighted by Gasteiger charge is 2.24. The molecule has 0 aliphatic carbocycles. The Kier molecular flexibility index (Phi) is 5.84. The van der Waals surface area contributed by atoms with E-state index in [2.05, 4.69) is 9.88 Å². The second kappa shape index (κ2) is 8.27. The standard InChI is InChI=1S/C16H23N3O5/c20-16(21)14-15(19-6-10-23-11-7-19)13(1-2-17-14)24-12-5-18-3-8-22-9-4-18/h1-2H,3-12H2,(H,20,21). The number of pyridine rings is 1. The van der Waals surface area contributed by atoms with E-state index in [-0.39, 0.29) is 5.69 Å². The lowest BCUT2D eigenvalue weighted by Gasteiger charge is -2.31. The molecule has 0 amide bonds. The van der Waals surface area contributed by atoms with Crippen LogP contribution in [-0.4, -0.2) is 86.7 Å². The van der Waals surface area contributed by atoms with Crippen LogP contribution in [0.2, 0.25) is 0 Å². The van der Waals surface area contributed by atoms with Crippen LogP contribution in [0, 0.1) is 0 Å². The van der Waals surface area contributed by atoms with Crippen molar-refractivity contribution in [2.75, 3.05) is 70.7 Å². The molecule has 0 unspecified atom stereocenters. The van der Waals surface area contributed by atoms with Gasteiger partial charge in [0.1, 0.15) is 18.0 Å². The van der Waals surface area contributed by atoms with Crippen LogP contribution in [0.15, 0.2) is 12.3 Å². The molecule has 8 nitrogen and oxygen atoms in total. The molecule has 2 saturated heterocycles. The fourth-order valence-electron chi connectivity index (χ4n) is 2.91. The van der Waals surface area contributed by atoms with Gasteiger partial charge >= 0.3 is 5.97 Å². The van der Waals surface area contributed by atoms with Crippen molar-refractivity contribution in [2.45, 2.75) is 0 Å². The van der Waals surface area contributed by atoms with Gasteiger partial charge in [-0.3, -0.25) is 4.90 Å². The first-order valence-corrected chi connectivity index (χ1v) is 8.23. The van der Waals surface area contributed by atoms with Crippen molar-refractivity contribution in [1.82, 2.24) is 9.88 Å². The van der Waals surface area contributed by atoms with E-state index in [9.17, 15) is 9.90 Å². The largest absolute Gasteiger partial charge is 0.490 e. The minimum absolute atomic E-state index is 0.0285. The Morgan fingerprint density at radius 3 is 2.50 bits per heavy atom. The number of carboxylic acids is 1. The Hall–Kier alpha value is -1.90. The second-order valence-electron chi connectivity index (χ2n) is 5.71. The van der Waals surface area contributed by atoms with Gasteiger partial charge in [-0.15, -0.1) is 0 Å². The number of ether oxygens (including phenoxy) is 3. The van der Waals surface area contributed by atoms with Gasteiger partial charge in [0.15, 0.2) is 5.69 Å². The SMILES string of the molecule is O=C(O)c1nccc(OCCN2CCOCC2)c1N1CCOCC1. The molecule has 3 heterocycles. The third kappa shape index (κ3) is 4.14. The minimum Gasteiger partial charge on any atom is -0.490 e. The van der Waals surface area contributed by atoms with Gasteiger partial charge in [0, 0.05) is 45.0 Å². The lowest BCUT2D eigenvalue weighted by molar-refractivity contribution is 0.0322. The molecule has 2 aliphatic heterocycles. The average Bonchev–Trinajstić information content (AvgIpc) is 2.63. The predicted octanol–water partition coefficient (Wildman–Crippen LogP) is 0.327. The van der Waals surface area contributed by atoms with Gasteiger partial charge in [0.2, 0.25) is 0 Å². The molecule has 1 N–H and O–H groups in total. The van der Waals surface area contributed by atoms with Gasteiger partial charge in [0.25, 0.3) is 0 Å². The van der Waals surface area contributed by atoms with Crippen LogP contribution in [0.5, 0.6) is 5.75 Å². The second-order valence-corrected chi connectivity index (χ2v) is 5.71. The van der Waals surface area contributed by atoms with Crippen molar-refractivity contribution in [1.29, 1.82) is 0 Å². The summed E-state index contributed by atoms with van der Waals surface area (Å²) in [6.45, 7) is 6.98. The van der Waals surface area contributed by atoms with Crippen molar-refractivity contribution < 1.29 is 24.1 Å². The Labute approximate surface area is 140 Å². The maximum Gasteiger partial charge on any atom is 0.356 e. The number of carboxylic acid groups (broad SMARTS) is 1. The van der Waals surface area contributed by atoms with Crippen LogP contribution in [0.3, 0.4) is 0 Å². The molecule has 0 aromatic carbocycles. The summed E-state index contributed by atoms with van der Waals surface area (Å²) in [6, 6.07) is 1.73. The molecule has 0 spiro atoms. The van der Waals surface area contributed by atoms with Gasteiger partial charge in [-0.05, 0) is 0 Å². The summed E-state index contributed by atoms with van der Waals surface area (Å²) in [7, 11) is 0. The zero-order valence-corrected chi connectivity index (χ0v) is 13.6. The lowest BCUT2D eigenvalue weighted by atomic mass is 10.2. The first-order valence-electron chi connectivity index (χ1n) is 8.23. The summed E-state index contributed by atoms with van der Waals surface area (Å²) < 4.78 is 16.6. The number of morpholine rings is 2. The van der Waals surface area contributed by atoms with Crippen LogP contribution in [-0.2, 0) is 9.47 Å². The van der Waals surface area contributed by atoms with E-state index in [1.807, 2.05) is 4.90 Å². The van der Waals surface area contributed by atoms with Crippen molar-refractivity contribution >= 4 is 11.7 Å². The van der Waals surface area contributed by atoms with Gasteiger partial charge in [0.05, 0.1) is 26.4 Å². The first-order chi connectivity index (χ1) is 11.8. The van der Waals surface area contributed by atoms with Crippen molar-refractivity contribution in [3.63, 3.8) is 0 Å². The summed E-state index contributed by atoms with van der Waals surface area (Å²) in [5.74, 6) is -0.479. The van der Waals surface area contributed by atoms with E-state index in [4.69, 9.17) is 14.2 Å². The Bertz CT molecular complexity index is 557. The summed E-state index contributed by atoms with van der Waals surface area (Å²) >= 11 is 0. The number of hydrogen-bond donors (Lipinski definition) is 1. The molecule has 0 saturated carbocycles. The zero-order chi connectivity index (χ0) is 16.8. The molecular formula is C16H23N3O5. The Balaban J connectivity index is 1.70. The molecule has 2 fully saturated rings. The quantitative estimate of drug-likeness (QED) is 0.795. The normalized spacial score (nSPS) is 19.2. The Morgan fingerprint density at radius 1 is 1.17 bits per heavy atom. The zero-order valence-electron chi connectivity index (χ0n) is 13.6. The molecule has 3 rings (SSSR count). The molecule has 0 radical (unpaired) electrons. The highest BCUT2D eigenvalue weighted by Crippen LogP contribution is 2.31. The predicted molar refractivity (Wildman–Crippen MR) is 87.0 cm³/mol. The van der Waals surface area contributed by atoms with E-state index in [0.29, 0.717) is 44.3 Å². The van der Waals surface area contributed by atoms with Crippen LogP contribution in [0.25, 0.3) is 0 Å². The van der Waals surface area contributed by atoms with Crippen LogP contribution in [0.1, 0.15) is 10.5 Å². The van der Waals surface area contributed by atoms with Gasteiger partial charge < -0.3 is 24.2 Å². The van der Waals surface area contributed by atoms with E-state index < -0.39 is 5.97 Å². The number of aromatic nitrogens is 1. The van der Waals surface area contributed by atoms with E-state index in [1.54, 1.807) is 6.07 Å². The maximum absolute atomic E-state index is 11.5. The highest BCUT2D eigenvalue weighted by molar-refractivity contribution is 5.94.